The van der Waals surface area contributed by atoms with Crippen LogP contribution in [0.25, 0.3) is 0 Å². The molecule has 0 aliphatic rings. The summed E-state index contributed by atoms with van der Waals surface area (Å²) in [6, 6.07) is 6.85. The fourth-order valence-corrected chi connectivity index (χ4v) is 1.78. The van der Waals surface area contributed by atoms with Gasteiger partial charge in [-0.1, -0.05) is 23.4 Å². The van der Waals surface area contributed by atoms with E-state index in [1.54, 1.807) is 36.7 Å². The van der Waals surface area contributed by atoms with Crippen LogP contribution in [0.3, 0.4) is 0 Å². The van der Waals surface area contributed by atoms with E-state index in [1.807, 2.05) is 0 Å². The molecule has 0 spiro atoms. The molecule has 0 saturated heterocycles. The van der Waals surface area contributed by atoms with Gasteiger partial charge in [-0.3, -0.25) is 9.48 Å². The summed E-state index contributed by atoms with van der Waals surface area (Å²) in [5.41, 5.74) is 6.59. The van der Waals surface area contributed by atoms with Gasteiger partial charge in [-0.15, -0.1) is 0 Å². The lowest BCUT2D eigenvalue weighted by Crippen LogP contribution is -2.19. The molecular weight excluding hydrogens is 276 g/mol. The molecule has 2 rings (SSSR count). The van der Waals surface area contributed by atoms with E-state index in [4.69, 9.17) is 17.3 Å². The highest BCUT2D eigenvalue weighted by Gasteiger charge is 2.07. The molecule has 0 radical (unpaired) electrons. The van der Waals surface area contributed by atoms with Crippen molar-refractivity contribution in [2.45, 2.75) is 6.54 Å². The van der Waals surface area contributed by atoms with E-state index in [0.717, 1.165) is 0 Å². The molecule has 1 aromatic carbocycles. The molecule has 0 aliphatic carbocycles. The first-order valence-electron chi connectivity index (χ1n) is 5.95. The Morgan fingerprint density at radius 2 is 2.35 bits per heavy atom. The van der Waals surface area contributed by atoms with Crippen LogP contribution < -0.4 is 11.1 Å². The summed E-state index contributed by atoms with van der Waals surface area (Å²) in [5, 5.41) is 7.31. The zero-order chi connectivity index (χ0) is 14.4. The van der Waals surface area contributed by atoms with Crippen LogP contribution in [0.2, 0.25) is 5.02 Å². The van der Waals surface area contributed by atoms with Gasteiger partial charge in [0.15, 0.2) is 0 Å². The molecule has 0 saturated carbocycles. The van der Waals surface area contributed by atoms with Crippen molar-refractivity contribution in [1.29, 1.82) is 0 Å². The molecule has 5 nitrogen and oxygen atoms in total. The average molecular weight is 289 g/mol. The number of rotatable bonds is 3. The molecule has 0 bridgehead atoms. The second-order valence-corrected chi connectivity index (χ2v) is 4.38. The topological polar surface area (TPSA) is 72.9 Å². The van der Waals surface area contributed by atoms with E-state index in [-0.39, 0.29) is 19.0 Å². The monoisotopic (exact) mass is 288 g/mol. The van der Waals surface area contributed by atoms with Crippen molar-refractivity contribution in [2.75, 3.05) is 11.9 Å². The highest BCUT2D eigenvalue weighted by molar-refractivity contribution is 6.30. The molecule has 1 heterocycles. The summed E-state index contributed by atoms with van der Waals surface area (Å²) in [6.07, 6.45) is 3.34. The van der Waals surface area contributed by atoms with Gasteiger partial charge in [-0.25, -0.2) is 0 Å². The van der Waals surface area contributed by atoms with Crippen molar-refractivity contribution >= 4 is 23.2 Å². The minimum absolute atomic E-state index is 0.138. The number of halogens is 1. The maximum Gasteiger partial charge on any atom is 0.246 e. The first-order valence-corrected chi connectivity index (χ1v) is 6.32. The second kappa shape index (κ2) is 6.75. The third-order valence-corrected chi connectivity index (χ3v) is 2.68. The summed E-state index contributed by atoms with van der Waals surface area (Å²) in [7, 11) is 0. The number of nitrogens with two attached hydrogens (primary N) is 1. The third-order valence-electron chi connectivity index (χ3n) is 2.45. The first kappa shape index (κ1) is 14.1. The van der Waals surface area contributed by atoms with Crippen molar-refractivity contribution in [3.8, 4) is 11.8 Å². The van der Waals surface area contributed by atoms with Crippen LogP contribution in [0.1, 0.15) is 5.56 Å². The fourth-order valence-electron chi connectivity index (χ4n) is 1.61. The zero-order valence-electron chi connectivity index (χ0n) is 10.6. The van der Waals surface area contributed by atoms with Crippen molar-refractivity contribution in [3.05, 3.63) is 47.2 Å². The summed E-state index contributed by atoms with van der Waals surface area (Å²) in [4.78, 5) is 11.9. The molecule has 1 amide bonds. The van der Waals surface area contributed by atoms with Crippen LogP contribution in [0, 0.1) is 11.8 Å². The third kappa shape index (κ3) is 3.85. The lowest BCUT2D eigenvalue weighted by Gasteiger charge is -2.08. The van der Waals surface area contributed by atoms with Gasteiger partial charge in [-0.2, -0.15) is 5.10 Å². The molecule has 2 aromatic rings. The van der Waals surface area contributed by atoms with Crippen molar-refractivity contribution in [3.63, 3.8) is 0 Å². The van der Waals surface area contributed by atoms with Gasteiger partial charge in [-0.05, 0) is 24.3 Å². The van der Waals surface area contributed by atoms with Gasteiger partial charge in [0.25, 0.3) is 0 Å². The van der Waals surface area contributed by atoms with Gasteiger partial charge in [0.05, 0.1) is 12.2 Å². The number of nitrogens with zero attached hydrogens (tertiary/aromatic N) is 2. The largest absolute Gasteiger partial charge is 0.323 e. The van der Waals surface area contributed by atoms with Gasteiger partial charge in [0.2, 0.25) is 5.91 Å². The summed E-state index contributed by atoms with van der Waals surface area (Å²) < 4.78 is 1.54. The SMILES string of the molecule is NCC#Cc1cc(Cl)ccc1NC(=O)Cn1cccn1. The number of anilines is 1. The van der Waals surface area contributed by atoms with Gasteiger partial charge >= 0.3 is 0 Å². The highest BCUT2D eigenvalue weighted by atomic mass is 35.5. The smallest absolute Gasteiger partial charge is 0.246 e. The Labute approximate surface area is 121 Å². The van der Waals surface area contributed by atoms with E-state index in [1.165, 1.54) is 4.68 Å². The summed E-state index contributed by atoms with van der Waals surface area (Å²) in [5.74, 6) is 5.43. The number of amides is 1. The van der Waals surface area contributed by atoms with Crippen molar-refractivity contribution in [2.24, 2.45) is 5.73 Å². The van der Waals surface area contributed by atoms with E-state index >= 15 is 0 Å². The maximum absolute atomic E-state index is 11.9. The number of nitrogens with one attached hydrogen (secondary N) is 1. The molecule has 102 valence electrons. The Balaban J connectivity index is 2.14. The van der Waals surface area contributed by atoms with Crippen LogP contribution in [0.5, 0.6) is 0 Å². The highest BCUT2D eigenvalue weighted by Crippen LogP contribution is 2.19. The Morgan fingerprint density at radius 3 is 3.05 bits per heavy atom. The number of hydrogen-bond donors (Lipinski definition) is 2. The Hall–Kier alpha value is -2.29. The van der Waals surface area contributed by atoms with Gasteiger partial charge in [0.1, 0.15) is 6.54 Å². The van der Waals surface area contributed by atoms with Gasteiger partial charge in [0, 0.05) is 23.0 Å². The van der Waals surface area contributed by atoms with Crippen LogP contribution in [-0.4, -0.2) is 22.2 Å². The Kier molecular flexibility index (Phi) is 4.77. The van der Waals surface area contributed by atoms with E-state index in [0.29, 0.717) is 16.3 Å². The van der Waals surface area contributed by atoms with E-state index < -0.39 is 0 Å². The molecule has 0 aliphatic heterocycles. The minimum atomic E-state index is -0.188. The molecule has 3 N–H and O–H groups in total. The number of carbonyl (C=O) groups is 1. The predicted molar refractivity (Wildman–Crippen MR) is 78.2 cm³/mol. The van der Waals surface area contributed by atoms with Crippen LogP contribution >= 0.6 is 11.6 Å². The van der Waals surface area contributed by atoms with E-state index in [9.17, 15) is 4.79 Å². The summed E-state index contributed by atoms with van der Waals surface area (Å²) in [6.45, 7) is 0.382. The number of benzene rings is 1. The fraction of sp³-hybridized carbons (Fsp3) is 0.143. The number of aromatic nitrogens is 2. The first-order chi connectivity index (χ1) is 9.69. The quantitative estimate of drug-likeness (QED) is 0.841. The molecule has 6 heteroatoms. The molecule has 0 atom stereocenters. The Morgan fingerprint density at radius 1 is 1.50 bits per heavy atom. The molecule has 0 fully saturated rings. The number of hydrogen-bond acceptors (Lipinski definition) is 3. The number of carbonyl (C=O) groups excluding carboxylic acids is 1. The normalized spacial score (nSPS) is 9.70. The van der Waals surface area contributed by atoms with Gasteiger partial charge < -0.3 is 11.1 Å². The van der Waals surface area contributed by atoms with E-state index in [2.05, 4.69) is 22.3 Å². The lowest BCUT2D eigenvalue weighted by molar-refractivity contribution is -0.116. The average Bonchev–Trinajstić information content (AvgIpc) is 2.91. The predicted octanol–water partition coefficient (Wildman–Crippen LogP) is 1.49. The second-order valence-electron chi connectivity index (χ2n) is 3.95. The zero-order valence-corrected chi connectivity index (χ0v) is 11.4. The lowest BCUT2D eigenvalue weighted by atomic mass is 10.2. The van der Waals surface area contributed by atoms with Crippen LogP contribution in [0.4, 0.5) is 5.69 Å². The minimum Gasteiger partial charge on any atom is -0.323 e. The van der Waals surface area contributed by atoms with Crippen LogP contribution in [-0.2, 0) is 11.3 Å². The molecule has 1 aromatic heterocycles. The maximum atomic E-state index is 11.9. The van der Waals surface area contributed by atoms with Crippen molar-refractivity contribution in [1.82, 2.24) is 9.78 Å². The summed E-state index contributed by atoms with van der Waals surface area (Å²) >= 11 is 5.92. The van der Waals surface area contributed by atoms with Crippen molar-refractivity contribution < 1.29 is 4.79 Å². The Bertz CT molecular complexity index is 656. The standard InChI is InChI=1S/C14H13ClN4O/c15-12-4-5-13(11(9-12)3-1-6-16)18-14(20)10-19-8-2-7-17-19/h2,4-5,7-9H,6,10,16H2,(H,18,20). The molecular formula is C14H13ClN4O. The molecule has 0 unspecified atom stereocenters. The van der Waals surface area contributed by atoms with Crippen LogP contribution in [0.15, 0.2) is 36.7 Å². The molecule has 20 heavy (non-hydrogen) atoms.